The fourth-order valence-corrected chi connectivity index (χ4v) is 4.96. The van der Waals surface area contributed by atoms with E-state index in [1.165, 1.54) is 10.4 Å². The van der Waals surface area contributed by atoms with Gasteiger partial charge in [0.2, 0.25) is 10.0 Å². The summed E-state index contributed by atoms with van der Waals surface area (Å²) in [4.78, 5) is 12.9. The first kappa shape index (κ1) is 22.5. The van der Waals surface area contributed by atoms with Gasteiger partial charge in [-0.2, -0.15) is 9.40 Å². The number of hydrogen-bond acceptors (Lipinski definition) is 5. The quantitative estimate of drug-likeness (QED) is 0.718. The summed E-state index contributed by atoms with van der Waals surface area (Å²) in [6.45, 7) is 10.4. The summed E-state index contributed by atoms with van der Waals surface area (Å²) < 4.78 is 34.4. The zero-order chi connectivity index (χ0) is 21.9. The number of aromatic nitrogens is 2. The summed E-state index contributed by atoms with van der Waals surface area (Å²) in [6.07, 6.45) is 0. The molecule has 9 heteroatoms. The summed E-state index contributed by atoms with van der Waals surface area (Å²) >= 11 is 0. The molecule has 164 valence electrons. The number of hydrogen-bond donors (Lipinski definition) is 1. The van der Waals surface area contributed by atoms with Crippen molar-refractivity contribution in [3.63, 3.8) is 0 Å². The monoisotopic (exact) mass is 434 g/mol. The third-order valence-corrected chi connectivity index (χ3v) is 7.16. The van der Waals surface area contributed by atoms with E-state index in [4.69, 9.17) is 4.74 Å². The first-order valence-electron chi connectivity index (χ1n) is 10.2. The molecule has 1 amide bonds. The number of nitrogens with one attached hydrogen (secondary N) is 1. The van der Waals surface area contributed by atoms with Gasteiger partial charge in [-0.1, -0.05) is 13.0 Å². The molecular formula is C21H30N4O4S. The molecule has 8 nitrogen and oxygen atoms in total. The van der Waals surface area contributed by atoms with Gasteiger partial charge in [0.25, 0.3) is 5.91 Å². The van der Waals surface area contributed by atoms with Crippen LogP contribution in [-0.2, 0) is 21.3 Å². The van der Waals surface area contributed by atoms with Crippen LogP contribution >= 0.6 is 0 Å². The topological polar surface area (TPSA) is 93.5 Å². The molecule has 1 fully saturated rings. The first-order valence-corrected chi connectivity index (χ1v) is 11.6. The number of sulfonamides is 1. The van der Waals surface area contributed by atoms with Crippen LogP contribution in [0.3, 0.4) is 0 Å². The van der Waals surface area contributed by atoms with Crippen molar-refractivity contribution in [2.75, 3.05) is 32.8 Å². The largest absolute Gasteiger partial charge is 0.379 e. The maximum Gasteiger partial charge on any atom is 0.251 e. The van der Waals surface area contributed by atoms with Crippen molar-refractivity contribution < 1.29 is 17.9 Å². The van der Waals surface area contributed by atoms with Crippen molar-refractivity contribution in [3.8, 4) is 0 Å². The number of rotatable bonds is 7. The van der Waals surface area contributed by atoms with Crippen molar-refractivity contribution in [2.45, 2.75) is 39.1 Å². The van der Waals surface area contributed by atoms with E-state index in [0.29, 0.717) is 45.0 Å². The zero-order valence-electron chi connectivity index (χ0n) is 18.0. The molecule has 1 aliphatic heterocycles. The van der Waals surface area contributed by atoms with Crippen LogP contribution in [-0.4, -0.2) is 61.3 Å². The Hall–Kier alpha value is -2.23. The minimum absolute atomic E-state index is 0.135. The van der Waals surface area contributed by atoms with E-state index >= 15 is 0 Å². The zero-order valence-corrected chi connectivity index (χ0v) is 18.8. The molecule has 3 rings (SSSR count). The third kappa shape index (κ3) is 5.08. The maximum atomic E-state index is 12.9. The van der Waals surface area contributed by atoms with Crippen molar-refractivity contribution in [3.05, 3.63) is 46.8 Å². The Bertz CT molecular complexity index is 1010. The van der Waals surface area contributed by atoms with Gasteiger partial charge >= 0.3 is 0 Å². The molecule has 1 aromatic carbocycles. The summed E-state index contributed by atoms with van der Waals surface area (Å²) in [7, 11) is -3.65. The Kier molecular flexibility index (Phi) is 6.95. The van der Waals surface area contributed by atoms with E-state index in [2.05, 4.69) is 10.4 Å². The van der Waals surface area contributed by atoms with E-state index in [-0.39, 0.29) is 16.7 Å². The number of ether oxygens (including phenoxy) is 1. The molecule has 0 saturated carbocycles. The maximum absolute atomic E-state index is 12.9. The minimum atomic E-state index is -3.65. The second-order valence-electron chi connectivity index (χ2n) is 7.92. The molecule has 0 aliphatic carbocycles. The van der Waals surface area contributed by atoms with Gasteiger partial charge in [-0.3, -0.25) is 9.48 Å². The van der Waals surface area contributed by atoms with Crippen LogP contribution in [0.2, 0.25) is 0 Å². The molecule has 1 atom stereocenters. The van der Waals surface area contributed by atoms with Gasteiger partial charge in [-0.15, -0.1) is 0 Å². The highest BCUT2D eigenvalue weighted by Crippen LogP contribution is 2.20. The van der Waals surface area contributed by atoms with Crippen molar-refractivity contribution in [1.82, 2.24) is 19.4 Å². The predicted molar refractivity (Wildman–Crippen MR) is 114 cm³/mol. The van der Waals surface area contributed by atoms with Crippen LogP contribution < -0.4 is 5.32 Å². The lowest BCUT2D eigenvalue weighted by Crippen LogP contribution is -2.40. The Morgan fingerprint density at radius 1 is 1.20 bits per heavy atom. The number of carbonyl (C=O) groups is 1. The lowest BCUT2D eigenvalue weighted by Gasteiger charge is -2.26. The van der Waals surface area contributed by atoms with E-state index in [0.717, 1.165) is 17.0 Å². The van der Waals surface area contributed by atoms with Crippen LogP contribution in [0.4, 0.5) is 0 Å². The molecule has 0 radical (unpaired) electrons. The summed E-state index contributed by atoms with van der Waals surface area (Å²) in [5.74, 6) is -0.0979. The smallest absolute Gasteiger partial charge is 0.251 e. The van der Waals surface area contributed by atoms with E-state index < -0.39 is 10.0 Å². The summed E-state index contributed by atoms with van der Waals surface area (Å²) in [5, 5.41) is 7.39. The number of benzene rings is 1. The standard InChI is InChI=1S/C21H30N4O4S/c1-15(14-25-18(4)11-17(3)23-25)13-22-21(26)20-12-19(6-5-16(20)2)30(27,28)24-7-9-29-10-8-24/h5-6,11-12,15H,7-10,13-14H2,1-4H3,(H,22,26). The van der Waals surface area contributed by atoms with Crippen LogP contribution in [0.5, 0.6) is 0 Å². The molecular weight excluding hydrogens is 404 g/mol. The molecule has 0 spiro atoms. The van der Waals surface area contributed by atoms with Crippen molar-refractivity contribution in [2.24, 2.45) is 5.92 Å². The highest BCUT2D eigenvalue weighted by atomic mass is 32.2. The summed E-state index contributed by atoms with van der Waals surface area (Å²) in [6, 6.07) is 6.74. The van der Waals surface area contributed by atoms with Gasteiger partial charge in [-0.05, 0) is 50.5 Å². The molecule has 2 aromatic rings. The second-order valence-corrected chi connectivity index (χ2v) is 9.86. The predicted octanol–water partition coefficient (Wildman–Crippen LogP) is 1.90. The fraction of sp³-hybridized carbons (Fsp3) is 0.524. The van der Waals surface area contributed by atoms with E-state index in [1.807, 2.05) is 31.5 Å². The Morgan fingerprint density at radius 2 is 1.90 bits per heavy atom. The molecule has 30 heavy (non-hydrogen) atoms. The van der Waals surface area contributed by atoms with Crippen LogP contribution in [0.25, 0.3) is 0 Å². The van der Waals surface area contributed by atoms with Crippen LogP contribution in [0.15, 0.2) is 29.2 Å². The summed E-state index contributed by atoms with van der Waals surface area (Å²) in [5.41, 5.74) is 3.17. The van der Waals surface area contributed by atoms with Gasteiger partial charge in [0.15, 0.2) is 0 Å². The van der Waals surface area contributed by atoms with Gasteiger partial charge < -0.3 is 10.1 Å². The number of morpholine rings is 1. The number of aryl methyl sites for hydroxylation is 3. The Morgan fingerprint density at radius 3 is 2.53 bits per heavy atom. The molecule has 0 bridgehead atoms. The first-order chi connectivity index (χ1) is 14.2. The average molecular weight is 435 g/mol. The van der Waals surface area contributed by atoms with Gasteiger partial charge in [0.05, 0.1) is 23.8 Å². The molecule has 1 N–H and O–H groups in total. The number of amides is 1. The van der Waals surface area contributed by atoms with Gasteiger partial charge in [-0.25, -0.2) is 8.42 Å². The molecule has 1 unspecified atom stereocenters. The average Bonchev–Trinajstić information content (AvgIpc) is 3.03. The van der Waals surface area contributed by atoms with E-state index in [1.54, 1.807) is 19.1 Å². The fourth-order valence-electron chi connectivity index (χ4n) is 3.52. The lowest BCUT2D eigenvalue weighted by molar-refractivity contribution is 0.0730. The van der Waals surface area contributed by atoms with Crippen molar-refractivity contribution in [1.29, 1.82) is 0 Å². The molecule has 1 aromatic heterocycles. The number of nitrogens with zero attached hydrogens (tertiary/aromatic N) is 3. The minimum Gasteiger partial charge on any atom is -0.379 e. The van der Waals surface area contributed by atoms with Crippen LogP contribution in [0, 0.1) is 26.7 Å². The van der Waals surface area contributed by atoms with Gasteiger partial charge in [0, 0.05) is 37.4 Å². The molecule has 1 aliphatic rings. The van der Waals surface area contributed by atoms with E-state index in [9.17, 15) is 13.2 Å². The highest BCUT2D eigenvalue weighted by Gasteiger charge is 2.27. The SMILES string of the molecule is Cc1cc(C)n(CC(C)CNC(=O)c2cc(S(=O)(=O)N3CCOCC3)ccc2C)n1. The Balaban J connectivity index is 1.68. The van der Waals surface area contributed by atoms with Crippen LogP contribution in [0.1, 0.15) is 34.2 Å². The number of carbonyl (C=O) groups excluding carboxylic acids is 1. The second kappa shape index (κ2) is 9.28. The normalized spacial score (nSPS) is 16.4. The third-order valence-electron chi connectivity index (χ3n) is 5.26. The van der Waals surface area contributed by atoms with Gasteiger partial charge in [0.1, 0.15) is 0 Å². The Labute approximate surface area is 178 Å². The van der Waals surface area contributed by atoms with Crippen molar-refractivity contribution >= 4 is 15.9 Å². The highest BCUT2D eigenvalue weighted by molar-refractivity contribution is 7.89. The molecule has 2 heterocycles. The lowest BCUT2D eigenvalue weighted by atomic mass is 10.1. The molecule has 1 saturated heterocycles.